The standard InChI is InChI=1S/C23H21N5O4S/c29-21-10-9-20(25-26-21)16-5-7-17(8-6-16)23(30)27-11-13-28(14-12-27)33(31,32)22-15-18-3-1-2-4-19(18)24-22/h1-10,15,24H,11-14H2,(H,26,29). The Morgan fingerprint density at radius 1 is 0.909 bits per heavy atom. The van der Waals surface area contributed by atoms with Gasteiger partial charge < -0.3 is 9.88 Å². The van der Waals surface area contributed by atoms with E-state index in [9.17, 15) is 18.0 Å². The molecular weight excluding hydrogens is 442 g/mol. The molecule has 4 aromatic rings. The van der Waals surface area contributed by atoms with Crippen molar-refractivity contribution in [2.75, 3.05) is 26.2 Å². The zero-order valence-electron chi connectivity index (χ0n) is 17.6. The summed E-state index contributed by atoms with van der Waals surface area (Å²) in [6.07, 6.45) is 0. The molecule has 0 aliphatic carbocycles. The van der Waals surface area contributed by atoms with Gasteiger partial charge in [-0.2, -0.15) is 9.40 Å². The molecule has 1 aliphatic heterocycles. The quantitative estimate of drug-likeness (QED) is 0.480. The van der Waals surface area contributed by atoms with Gasteiger partial charge in [0.05, 0.1) is 5.69 Å². The van der Waals surface area contributed by atoms with Crippen molar-refractivity contribution in [3.63, 3.8) is 0 Å². The molecule has 2 aromatic heterocycles. The molecule has 33 heavy (non-hydrogen) atoms. The van der Waals surface area contributed by atoms with Crippen LogP contribution in [-0.4, -0.2) is 64.9 Å². The van der Waals surface area contributed by atoms with Crippen molar-refractivity contribution >= 4 is 26.8 Å². The number of rotatable bonds is 4. The smallest absolute Gasteiger partial charge is 0.264 e. The van der Waals surface area contributed by atoms with Crippen LogP contribution in [0.3, 0.4) is 0 Å². The first-order chi connectivity index (χ1) is 15.9. The summed E-state index contributed by atoms with van der Waals surface area (Å²) in [6, 6.07) is 19.0. The number of nitrogens with one attached hydrogen (secondary N) is 2. The van der Waals surface area contributed by atoms with Crippen molar-refractivity contribution in [1.29, 1.82) is 0 Å². The molecule has 5 rings (SSSR count). The maximum absolute atomic E-state index is 13.1. The maximum atomic E-state index is 13.1. The largest absolute Gasteiger partial charge is 0.345 e. The first-order valence-electron chi connectivity index (χ1n) is 10.5. The average molecular weight is 464 g/mol. The van der Waals surface area contributed by atoms with Gasteiger partial charge in [-0.1, -0.05) is 30.3 Å². The highest BCUT2D eigenvalue weighted by molar-refractivity contribution is 7.89. The molecule has 1 fully saturated rings. The lowest BCUT2D eigenvalue weighted by Crippen LogP contribution is -2.50. The number of nitrogens with zero attached hydrogens (tertiary/aromatic N) is 3. The lowest BCUT2D eigenvalue weighted by Gasteiger charge is -2.33. The Kier molecular flexibility index (Phi) is 5.31. The zero-order chi connectivity index (χ0) is 23.0. The number of hydrogen-bond acceptors (Lipinski definition) is 5. The van der Waals surface area contributed by atoms with E-state index in [0.29, 0.717) is 24.3 Å². The molecule has 2 N–H and O–H groups in total. The van der Waals surface area contributed by atoms with Crippen LogP contribution in [0, 0.1) is 0 Å². The van der Waals surface area contributed by atoms with Crippen LogP contribution < -0.4 is 5.56 Å². The number of piperazine rings is 1. The van der Waals surface area contributed by atoms with Gasteiger partial charge in [0.2, 0.25) is 0 Å². The number of benzene rings is 2. The molecule has 0 atom stereocenters. The first-order valence-corrected chi connectivity index (χ1v) is 11.9. The summed E-state index contributed by atoms with van der Waals surface area (Å²) < 4.78 is 27.5. The van der Waals surface area contributed by atoms with Gasteiger partial charge in [0.1, 0.15) is 5.03 Å². The number of aromatic nitrogens is 3. The summed E-state index contributed by atoms with van der Waals surface area (Å²) in [5, 5.41) is 7.37. The molecule has 10 heteroatoms. The lowest BCUT2D eigenvalue weighted by atomic mass is 10.1. The Hall–Kier alpha value is -3.76. The van der Waals surface area contributed by atoms with Crippen molar-refractivity contribution in [3.8, 4) is 11.3 Å². The van der Waals surface area contributed by atoms with Crippen LogP contribution in [-0.2, 0) is 10.0 Å². The van der Waals surface area contributed by atoms with Crippen LogP contribution in [0.4, 0.5) is 0 Å². The minimum absolute atomic E-state index is 0.154. The van der Waals surface area contributed by atoms with Gasteiger partial charge in [0, 0.05) is 54.3 Å². The van der Waals surface area contributed by atoms with Crippen molar-refractivity contribution in [2.24, 2.45) is 0 Å². The van der Waals surface area contributed by atoms with Crippen molar-refractivity contribution in [1.82, 2.24) is 24.4 Å². The molecule has 1 aliphatic rings. The predicted molar refractivity (Wildman–Crippen MR) is 123 cm³/mol. The van der Waals surface area contributed by atoms with E-state index in [-0.39, 0.29) is 29.6 Å². The van der Waals surface area contributed by atoms with Crippen molar-refractivity contribution in [3.05, 3.63) is 82.6 Å². The second kappa shape index (κ2) is 8.30. The Morgan fingerprint density at radius 3 is 2.30 bits per heavy atom. The Balaban J connectivity index is 1.26. The third-order valence-corrected chi connectivity index (χ3v) is 7.58. The van der Waals surface area contributed by atoms with E-state index in [4.69, 9.17) is 0 Å². The van der Waals surface area contributed by atoms with Gasteiger partial charge >= 0.3 is 0 Å². The summed E-state index contributed by atoms with van der Waals surface area (Å²) >= 11 is 0. The third-order valence-electron chi connectivity index (χ3n) is 5.76. The van der Waals surface area contributed by atoms with E-state index in [1.807, 2.05) is 24.3 Å². The van der Waals surface area contributed by atoms with Crippen LogP contribution in [0.25, 0.3) is 22.2 Å². The Bertz CT molecular complexity index is 1430. The number of H-pyrrole nitrogens is 2. The molecule has 3 heterocycles. The highest BCUT2D eigenvalue weighted by atomic mass is 32.2. The predicted octanol–water partition coefficient (Wildman–Crippen LogP) is 2.06. The SMILES string of the molecule is O=C(c1ccc(-c2ccc(=O)[nH]n2)cc1)N1CCN(S(=O)(=O)c2cc3ccccc3[nH]2)CC1. The number of aromatic amines is 2. The van der Waals surface area contributed by atoms with Gasteiger partial charge in [-0.15, -0.1) is 0 Å². The number of carbonyl (C=O) groups excluding carboxylic acids is 1. The normalized spacial score (nSPS) is 15.1. The van der Waals surface area contributed by atoms with Gasteiger partial charge in [0.25, 0.3) is 21.5 Å². The molecule has 0 unspecified atom stereocenters. The molecule has 1 amide bonds. The number of fused-ring (bicyclic) bond motifs is 1. The molecule has 168 valence electrons. The van der Waals surface area contributed by atoms with Crippen molar-refractivity contribution in [2.45, 2.75) is 5.03 Å². The molecular formula is C23H21N5O4S. The van der Waals surface area contributed by atoms with E-state index in [0.717, 1.165) is 16.5 Å². The number of sulfonamides is 1. The highest BCUT2D eigenvalue weighted by Crippen LogP contribution is 2.23. The number of hydrogen-bond donors (Lipinski definition) is 2. The molecule has 0 radical (unpaired) electrons. The summed E-state index contributed by atoms with van der Waals surface area (Å²) in [6.45, 7) is 1.06. The Morgan fingerprint density at radius 2 is 1.64 bits per heavy atom. The second-order valence-corrected chi connectivity index (χ2v) is 9.71. The van der Waals surface area contributed by atoms with Crippen LogP contribution in [0.1, 0.15) is 10.4 Å². The fraction of sp³-hybridized carbons (Fsp3) is 0.174. The highest BCUT2D eigenvalue weighted by Gasteiger charge is 2.31. The molecule has 0 spiro atoms. The summed E-state index contributed by atoms with van der Waals surface area (Å²) in [4.78, 5) is 28.7. The monoisotopic (exact) mass is 463 g/mol. The van der Waals surface area contributed by atoms with E-state index < -0.39 is 10.0 Å². The third kappa shape index (κ3) is 4.06. The van der Waals surface area contributed by atoms with Crippen molar-refractivity contribution < 1.29 is 13.2 Å². The summed E-state index contributed by atoms with van der Waals surface area (Å²) in [7, 11) is -3.67. The van der Waals surface area contributed by atoms with E-state index in [1.54, 1.807) is 41.3 Å². The van der Waals surface area contributed by atoms with Crippen LogP contribution in [0.5, 0.6) is 0 Å². The number of para-hydroxylation sites is 1. The summed E-state index contributed by atoms with van der Waals surface area (Å²) in [5.74, 6) is -0.154. The van der Waals surface area contributed by atoms with Gasteiger partial charge in [0.15, 0.2) is 0 Å². The number of amides is 1. The molecule has 2 aromatic carbocycles. The minimum atomic E-state index is -3.67. The first kappa shape index (κ1) is 21.1. The fourth-order valence-corrected chi connectivity index (χ4v) is 5.36. The lowest BCUT2D eigenvalue weighted by molar-refractivity contribution is 0.0698. The zero-order valence-corrected chi connectivity index (χ0v) is 18.4. The fourth-order valence-electron chi connectivity index (χ4n) is 3.93. The van der Waals surface area contributed by atoms with Gasteiger partial charge in [-0.05, 0) is 30.3 Å². The molecule has 9 nitrogen and oxygen atoms in total. The Labute approximate surface area is 189 Å². The van der Waals surface area contributed by atoms with Gasteiger partial charge in [-0.25, -0.2) is 13.5 Å². The van der Waals surface area contributed by atoms with Gasteiger partial charge in [-0.3, -0.25) is 9.59 Å². The van der Waals surface area contributed by atoms with Crippen LogP contribution in [0.2, 0.25) is 0 Å². The number of carbonyl (C=O) groups is 1. The minimum Gasteiger partial charge on any atom is -0.345 e. The maximum Gasteiger partial charge on any atom is 0.264 e. The topological polar surface area (TPSA) is 119 Å². The molecule has 0 saturated carbocycles. The second-order valence-electron chi connectivity index (χ2n) is 7.80. The van der Waals surface area contributed by atoms with E-state index >= 15 is 0 Å². The summed E-state index contributed by atoms with van der Waals surface area (Å²) in [5.41, 5.74) is 2.37. The average Bonchev–Trinajstić information content (AvgIpc) is 3.30. The van der Waals surface area contributed by atoms with E-state index in [2.05, 4.69) is 15.2 Å². The molecule has 1 saturated heterocycles. The van der Waals surface area contributed by atoms with Crippen LogP contribution in [0.15, 0.2) is 76.6 Å². The van der Waals surface area contributed by atoms with E-state index in [1.165, 1.54) is 10.4 Å². The van der Waals surface area contributed by atoms with Crippen LogP contribution >= 0.6 is 0 Å². The molecule has 0 bridgehead atoms.